The summed E-state index contributed by atoms with van der Waals surface area (Å²) >= 11 is 0. The molecule has 0 aliphatic rings. The van der Waals surface area contributed by atoms with Gasteiger partial charge in [0.1, 0.15) is 0 Å². The van der Waals surface area contributed by atoms with Gasteiger partial charge in [-0.05, 0) is 0 Å². The van der Waals surface area contributed by atoms with E-state index in [2.05, 4.69) is 0 Å². The second kappa shape index (κ2) is 11.9. The van der Waals surface area contributed by atoms with Gasteiger partial charge in [-0.3, -0.25) is 0 Å². The standard InChI is InChI=1S/3ClHO4.Fe.H2O/c3*2-1(3,4)5;;/h3*(H,2,3,4,5);;1H2/p-3. The molecule has 0 radical (unpaired) electrons. The molecule has 0 aliphatic heterocycles. The topological polar surface area (TPSA) is 308 Å². The zero-order valence-corrected chi connectivity index (χ0v) is 10.3. The minimum atomic E-state index is -4.94. The fourth-order valence-electron chi connectivity index (χ4n) is 0. The number of hydrogen-bond donors (Lipinski definition) is 0. The van der Waals surface area contributed by atoms with Gasteiger partial charge in [-0.1, -0.05) is 0 Å². The Kier molecular flexibility index (Phi) is 21.6. The third-order valence-electron chi connectivity index (χ3n) is 0. The number of rotatable bonds is 0. The Bertz CT molecular complexity index is 91.7. The maximum Gasteiger partial charge on any atom is 0 e. The van der Waals surface area contributed by atoms with Gasteiger partial charge in [0.2, 0.25) is 0 Å². The Morgan fingerprint density at radius 3 is 0.353 bits per heavy atom. The van der Waals surface area contributed by atoms with Crippen molar-refractivity contribution in [2.45, 2.75) is 0 Å². The second-order valence-corrected chi connectivity index (χ2v) is 3.40. The Morgan fingerprint density at radius 2 is 0.353 bits per heavy atom. The zero-order valence-electron chi connectivity index (χ0n) is 6.89. The monoisotopic (exact) mass is 371 g/mol. The smallest absolute Gasteiger partial charge is 0 e. The molecule has 17 heteroatoms. The summed E-state index contributed by atoms with van der Waals surface area (Å²) < 4.78 is 102. The van der Waals surface area contributed by atoms with Crippen LogP contribution in [0.1, 0.15) is 0 Å². The van der Waals surface area contributed by atoms with Crippen molar-refractivity contribution in [3.8, 4) is 0 Å². The molecule has 0 amide bonds. The van der Waals surface area contributed by atoms with E-state index in [0.717, 1.165) is 0 Å². The predicted molar refractivity (Wildman–Crippen MR) is 3.61 cm³/mol. The van der Waals surface area contributed by atoms with Crippen LogP contribution in [-0.4, -0.2) is 5.48 Å². The molecular formula is H2Cl3FeO13-3. The Hall–Kier alpha value is 0.869. The average Bonchev–Trinajstić information content (AvgIpc) is 1.41. The first kappa shape index (κ1) is 30.7. The summed E-state index contributed by atoms with van der Waals surface area (Å²) in [6.07, 6.45) is 0. The molecule has 0 aromatic heterocycles. The molecule has 2 N–H and O–H groups in total. The molecule has 17 heavy (non-hydrogen) atoms. The summed E-state index contributed by atoms with van der Waals surface area (Å²) in [5.74, 6) is 0. The third kappa shape index (κ3) is 4930. The van der Waals surface area contributed by atoms with Gasteiger partial charge in [0.15, 0.2) is 0 Å². The summed E-state index contributed by atoms with van der Waals surface area (Å²) in [5.41, 5.74) is 0. The molecule has 13 nitrogen and oxygen atoms in total. The van der Waals surface area contributed by atoms with E-state index >= 15 is 0 Å². The molecule has 0 aliphatic carbocycles. The molecule has 0 atom stereocenters. The van der Waals surface area contributed by atoms with Crippen molar-refractivity contribution in [1.82, 2.24) is 0 Å². The predicted octanol–water partition coefficient (Wildman–Crippen LogP) is -15.1. The van der Waals surface area contributed by atoms with Crippen LogP contribution in [0.4, 0.5) is 0 Å². The van der Waals surface area contributed by atoms with Gasteiger partial charge in [0, 0.05) is 17.1 Å². The molecular weight excluding hydrogens is 370 g/mol. The van der Waals surface area contributed by atoms with E-state index < -0.39 is 30.7 Å². The molecule has 0 rings (SSSR count). The normalized spacial score (nSPS) is 10.6. The summed E-state index contributed by atoms with van der Waals surface area (Å²) in [4.78, 5) is 0. The van der Waals surface area contributed by atoms with Gasteiger partial charge in [0.05, 0.1) is 0 Å². The molecule has 0 spiro atoms. The van der Waals surface area contributed by atoms with E-state index in [9.17, 15) is 0 Å². The fourth-order valence-corrected chi connectivity index (χ4v) is 0. The van der Waals surface area contributed by atoms with E-state index in [1.165, 1.54) is 0 Å². The maximum absolute atomic E-state index is 8.49. The largest absolute Gasteiger partial charge is 0.412 e. The molecule has 112 valence electrons. The first-order chi connectivity index (χ1) is 6.00. The fraction of sp³-hybridized carbons (Fsp3) is 0. The van der Waals surface area contributed by atoms with Crippen LogP contribution in [-0.2, 0) is 17.1 Å². The molecule has 0 aromatic rings. The van der Waals surface area contributed by atoms with Crippen molar-refractivity contribution in [3.63, 3.8) is 0 Å². The van der Waals surface area contributed by atoms with Crippen molar-refractivity contribution >= 4 is 0 Å². The molecule has 0 unspecified atom stereocenters. The SMILES string of the molecule is O.[Fe].[O-][Cl+3]([O-])([O-])[O-].[O-][Cl+3]([O-])([O-])[O-].[O-][Cl+3]([O-])([O-])[O-]. The van der Waals surface area contributed by atoms with Crippen molar-refractivity contribution in [2.24, 2.45) is 0 Å². The van der Waals surface area contributed by atoms with Crippen LogP contribution < -0.4 is 55.9 Å². The first-order valence-electron chi connectivity index (χ1n) is 1.85. The maximum atomic E-state index is 8.49. The van der Waals surface area contributed by atoms with Gasteiger partial charge in [0.25, 0.3) is 0 Å². The van der Waals surface area contributed by atoms with E-state index in [-0.39, 0.29) is 22.5 Å². The number of hydrogen-bond acceptors (Lipinski definition) is 12. The molecule has 0 fully saturated rings. The molecule has 0 saturated carbocycles. The van der Waals surface area contributed by atoms with E-state index in [0.29, 0.717) is 0 Å². The Morgan fingerprint density at radius 1 is 0.353 bits per heavy atom. The van der Waals surface area contributed by atoms with Crippen molar-refractivity contribution in [2.75, 3.05) is 0 Å². The molecule has 0 aromatic carbocycles. The van der Waals surface area contributed by atoms with Crippen molar-refractivity contribution in [1.29, 1.82) is 0 Å². The quantitative estimate of drug-likeness (QED) is 0.357. The first-order valence-corrected chi connectivity index (χ1v) is 5.55. The van der Waals surface area contributed by atoms with Gasteiger partial charge in [-0.15, -0.1) is 30.7 Å². The van der Waals surface area contributed by atoms with Crippen LogP contribution in [0.3, 0.4) is 0 Å². The third-order valence-corrected chi connectivity index (χ3v) is 0. The van der Waals surface area contributed by atoms with Gasteiger partial charge in [-0.25, -0.2) is 55.9 Å². The van der Waals surface area contributed by atoms with Gasteiger partial charge in [-0.2, -0.15) is 0 Å². The molecule has 0 bridgehead atoms. The molecule has 0 heterocycles. The van der Waals surface area contributed by atoms with E-state index in [1.807, 2.05) is 0 Å². The van der Waals surface area contributed by atoms with Crippen molar-refractivity contribution < 1.29 is 109 Å². The van der Waals surface area contributed by atoms with Crippen LogP contribution >= 0.6 is 0 Å². The zero-order chi connectivity index (χ0) is 13.5. The van der Waals surface area contributed by atoms with Crippen LogP contribution in [0, 0.1) is 30.7 Å². The van der Waals surface area contributed by atoms with Gasteiger partial charge >= 0.3 is 0 Å². The van der Waals surface area contributed by atoms with Crippen LogP contribution in [0.25, 0.3) is 0 Å². The van der Waals surface area contributed by atoms with Crippen molar-refractivity contribution in [3.05, 3.63) is 0 Å². The Labute approximate surface area is 109 Å². The summed E-state index contributed by atoms with van der Waals surface area (Å²) in [5, 5.41) is 0. The summed E-state index contributed by atoms with van der Waals surface area (Å²) in [6, 6.07) is 0. The van der Waals surface area contributed by atoms with Crippen LogP contribution in [0.2, 0.25) is 0 Å². The van der Waals surface area contributed by atoms with Crippen LogP contribution in [0.15, 0.2) is 0 Å². The Balaban J connectivity index is -0.0000000400. The minimum Gasteiger partial charge on any atom is -0.412 e. The van der Waals surface area contributed by atoms with Crippen LogP contribution in [0.5, 0.6) is 0 Å². The van der Waals surface area contributed by atoms with E-state index in [4.69, 9.17) is 55.9 Å². The second-order valence-electron chi connectivity index (χ2n) is 1.13. The van der Waals surface area contributed by atoms with E-state index in [1.54, 1.807) is 0 Å². The summed E-state index contributed by atoms with van der Waals surface area (Å²) in [6.45, 7) is 0. The number of halogens is 3. The molecule has 0 saturated heterocycles. The van der Waals surface area contributed by atoms with Gasteiger partial charge < -0.3 is 5.48 Å². The average molecular weight is 372 g/mol. The summed E-state index contributed by atoms with van der Waals surface area (Å²) in [7, 11) is -14.8. The minimum absolute atomic E-state index is 0.